The zero-order valence-electron chi connectivity index (χ0n) is 25.9. The highest BCUT2D eigenvalue weighted by atomic mass is 35.5. The van der Waals surface area contributed by atoms with Gasteiger partial charge in [-0.15, -0.1) is 11.3 Å². The number of urea groups is 1. The number of nitrogens with zero attached hydrogens (tertiary/aromatic N) is 5. The first-order valence-electron chi connectivity index (χ1n) is 14.9. The largest absolute Gasteiger partial charge is 0.495 e. The minimum atomic E-state index is -1.07. The van der Waals surface area contributed by atoms with Gasteiger partial charge in [-0.1, -0.05) is 29.5 Å². The molecule has 12 nitrogen and oxygen atoms in total. The second-order valence-electron chi connectivity index (χ2n) is 11.2. The third-order valence-corrected chi connectivity index (χ3v) is 9.37. The number of halogens is 2. The molecule has 0 bridgehead atoms. The number of amidine groups is 1. The lowest BCUT2D eigenvalue weighted by molar-refractivity contribution is -0.136. The summed E-state index contributed by atoms with van der Waals surface area (Å²) in [5, 5.41) is 15.1. The molecular formula is C33H30ClFN6O6S. The number of carboxylic acids is 1. The van der Waals surface area contributed by atoms with Gasteiger partial charge in [0.05, 0.1) is 43.5 Å². The number of piperazine rings is 1. The maximum Gasteiger partial charge on any atom is 0.338 e. The van der Waals surface area contributed by atoms with Crippen LogP contribution in [0.3, 0.4) is 0 Å². The zero-order chi connectivity index (χ0) is 33.9. The Bertz CT molecular complexity index is 1890. The fourth-order valence-corrected chi connectivity index (χ4v) is 6.83. The molecule has 2 saturated heterocycles. The molecule has 2 atom stereocenters. The van der Waals surface area contributed by atoms with Crippen molar-refractivity contribution < 1.29 is 33.4 Å². The molecule has 3 aliphatic rings. The van der Waals surface area contributed by atoms with Crippen LogP contribution in [0.2, 0.25) is 5.02 Å². The van der Waals surface area contributed by atoms with Crippen molar-refractivity contribution in [1.29, 1.82) is 0 Å². The molecule has 2 amide bonds. The van der Waals surface area contributed by atoms with Crippen LogP contribution in [0.1, 0.15) is 32.5 Å². The standard InChI is InChI=1S/C33H30ClFN6O6S/c1-46-26-14-20(31(42)43)6-5-19(26)4-3-10-40-17-22-16-39(11-12-41(22)33(40)45)18-25-27(32(44)47-2)28(23-8-7-21(35)15-24(23)34)38-29(37-25)30-36-9-13-48-30/h5-9,13-15,22,28H,10-12,16-18H2,1-2H3,(H,37,38)(H,42,43). The summed E-state index contributed by atoms with van der Waals surface area (Å²) in [6, 6.07) is 7.31. The van der Waals surface area contributed by atoms with E-state index in [0.717, 1.165) is 0 Å². The van der Waals surface area contributed by atoms with E-state index in [1.807, 2.05) is 10.3 Å². The van der Waals surface area contributed by atoms with E-state index in [1.54, 1.807) is 17.2 Å². The number of aromatic nitrogens is 1. The molecule has 0 radical (unpaired) electrons. The number of carbonyl (C=O) groups is 3. The molecule has 0 saturated carbocycles. The minimum absolute atomic E-state index is 0.0907. The summed E-state index contributed by atoms with van der Waals surface area (Å²) in [6.07, 6.45) is 1.65. The first-order valence-corrected chi connectivity index (χ1v) is 16.1. The highest BCUT2D eigenvalue weighted by Crippen LogP contribution is 2.37. The summed E-state index contributed by atoms with van der Waals surface area (Å²) in [6.45, 7) is 2.50. The molecule has 2 unspecified atom stereocenters. The normalized spacial score (nSPS) is 19.2. The van der Waals surface area contributed by atoms with Gasteiger partial charge in [0.15, 0.2) is 10.8 Å². The van der Waals surface area contributed by atoms with Crippen LogP contribution in [0.5, 0.6) is 5.75 Å². The number of esters is 1. The van der Waals surface area contributed by atoms with Crippen molar-refractivity contribution in [3.05, 3.63) is 91.8 Å². The highest BCUT2D eigenvalue weighted by molar-refractivity contribution is 7.11. The maximum atomic E-state index is 14.0. The highest BCUT2D eigenvalue weighted by Gasteiger charge is 2.41. The van der Waals surface area contributed by atoms with Crippen LogP contribution in [0.25, 0.3) is 0 Å². The Hall–Kier alpha value is -4.97. The van der Waals surface area contributed by atoms with E-state index in [-0.39, 0.29) is 34.8 Å². The second kappa shape index (κ2) is 14.0. The molecule has 4 heterocycles. The zero-order valence-corrected chi connectivity index (χ0v) is 27.5. The number of rotatable bonds is 8. The number of ether oxygens (including phenoxy) is 2. The number of thiazole rings is 1. The van der Waals surface area contributed by atoms with Gasteiger partial charge in [-0.2, -0.15) is 0 Å². The summed E-state index contributed by atoms with van der Waals surface area (Å²) in [5.41, 5.74) is 1.86. The number of hydrogen-bond donors (Lipinski definition) is 2. The van der Waals surface area contributed by atoms with Crippen molar-refractivity contribution >= 4 is 46.7 Å². The Balaban J connectivity index is 1.21. The van der Waals surface area contributed by atoms with E-state index in [9.17, 15) is 23.9 Å². The number of fused-ring (bicyclic) bond motifs is 1. The molecule has 3 aliphatic heterocycles. The SMILES string of the molecule is COC(=O)C1=C(CN2CCN3C(=O)N(CC#Cc4ccc(C(=O)O)cc4OC)CC3C2)NC(c2nccs2)=NC1c1ccc(F)cc1Cl. The molecule has 1 aromatic heterocycles. The lowest BCUT2D eigenvalue weighted by Crippen LogP contribution is -2.53. The summed E-state index contributed by atoms with van der Waals surface area (Å²) in [7, 11) is 2.73. The third-order valence-electron chi connectivity index (χ3n) is 8.26. The first kappa shape index (κ1) is 33.0. The summed E-state index contributed by atoms with van der Waals surface area (Å²) in [5.74, 6) is 4.63. The Kier molecular flexibility index (Phi) is 9.63. The number of carbonyl (C=O) groups excluding carboxylic acids is 2. The maximum absolute atomic E-state index is 14.0. The predicted octanol–water partition coefficient (Wildman–Crippen LogP) is 3.63. The third kappa shape index (κ3) is 6.70. The van der Waals surface area contributed by atoms with E-state index in [0.29, 0.717) is 66.1 Å². The van der Waals surface area contributed by atoms with E-state index < -0.39 is 23.8 Å². The van der Waals surface area contributed by atoms with Crippen LogP contribution in [0, 0.1) is 17.7 Å². The molecule has 3 aromatic rings. The topological polar surface area (TPSA) is 137 Å². The van der Waals surface area contributed by atoms with E-state index in [2.05, 4.69) is 27.0 Å². The summed E-state index contributed by atoms with van der Waals surface area (Å²) in [4.78, 5) is 52.7. The number of methoxy groups -OCH3 is 2. The van der Waals surface area contributed by atoms with Gasteiger partial charge in [0.1, 0.15) is 17.6 Å². The summed E-state index contributed by atoms with van der Waals surface area (Å²) >= 11 is 7.85. The minimum Gasteiger partial charge on any atom is -0.495 e. The quantitative estimate of drug-likeness (QED) is 0.268. The predicted molar refractivity (Wildman–Crippen MR) is 176 cm³/mol. The van der Waals surface area contributed by atoms with Crippen LogP contribution in [-0.4, -0.2) is 108 Å². The fourth-order valence-electron chi connectivity index (χ4n) is 5.97. The molecule has 2 fully saturated rings. The van der Waals surface area contributed by atoms with Gasteiger partial charge in [0, 0.05) is 60.6 Å². The Morgan fingerprint density at radius 1 is 1.19 bits per heavy atom. The van der Waals surface area contributed by atoms with Gasteiger partial charge in [0.2, 0.25) is 0 Å². The Morgan fingerprint density at radius 2 is 2.02 bits per heavy atom. The molecule has 6 rings (SSSR count). The van der Waals surface area contributed by atoms with Gasteiger partial charge < -0.3 is 29.7 Å². The van der Waals surface area contributed by atoms with Crippen molar-refractivity contribution in [3.8, 4) is 17.6 Å². The number of nitrogens with one attached hydrogen (secondary N) is 1. The van der Waals surface area contributed by atoms with Crippen LogP contribution in [-0.2, 0) is 9.53 Å². The van der Waals surface area contributed by atoms with Crippen molar-refractivity contribution in [3.63, 3.8) is 0 Å². The molecule has 0 aliphatic carbocycles. The van der Waals surface area contributed by atoms with Gasteiger partial charge >= 0.3 is 18.0 Å². The van der Waals surface area contributed by atoms with E-state index >= 15 is 0 Å². The summed E-state index contributed by atoms with van der Waals surface area (Å²) < 4.78 is 24.5. The van der Waals surface area contributed by atoms with Gasteiger partial charge in [-0.3, -0.25) is 9.89 Å². The van der Waals surface area contributed by atoms with Crippen LogP contribution < -0.4 is 10.1 Å². The van der Waals surface area contributed by atoms with Crippen molar-refractivity contribution in [2.24, 2.45) is 4.99 Å². The average molecular weight is 693 g/mol. The Morgan fingerprint density at radius 3 is 2.73 bits per heavy atom. The average Bonchev–Trinajstić information content (AvgIpc) is 3.72. The lowest BCUT2D eigenvalue weighted by Gasteiger charge is -2.38. The van der Waals surface area contributed by atoms with E-state index in [4.69, 9.17) is 26.1 Å². The van der Waals surface area contributed by atoms with Gasteiger partial charge in [-0.25, -0.2) is 23.8 Å². The molecule has 15 heteroatoms. The van der Waals surface area contributed by atoms with Crippen LogP contribution in [0.15, 0.2) is 64.2 Å². The van der Waals surface area contributed by atoms with E-state index in [1.165, 1.54) is 55.9 Å². The molecule has 2 N–H and O–H groups in total. The number of benzene rings is 2. The molecule has 0 spiro atoms. The van der Waals surface area contributed by atoms with Crippen molar-refractivity contribution in [2.75, 3.05) is 53.5 Å². The smallest absolute Gasteiger partial charge is 0.338 e. The molecule has 248 valence electrons. The van der Waals surface area contributed by atoms with Gasteiger partial charge in [-0.05, 0) is 30.3 Å². The molecule has 2 aromatic carbocycles. The van der Waals surface area contributed by atoms with Crippen LogP contribution >= 0.6 is 22.9 Å². The molecule has 48 heavy (non-hydrogen) atoms. The molecular weight excluding hydrogens is 663 g/mol. The number of aromatic carboxylic acids is 1. The number of amides is 2. The lowest BCUT2D eigenvalue weighted by atomic mass is 9.95. The fraction of sp³-hybridized carbons (Fsp3) is 0.303. The number of aliphatic imine (C=N–C) groups is 1. The first-order chi connectivity index (χ1) is 23.2. The van der Waals surface area contributed by atoms with Gasteiger partial charge in [0.25, 0.3) is 0 Å². The van der Waals surface area contributed by atoms with Crippen molar-refractivity contribution in [2.45, 2.75) is 12.1 Å². The second-order valence-corrected chi connectivity index (χ2v) is 12.5. The van der Waals surface area contributed by atoms with Crippen molar-refractivity contribution in [1.82, 2.24) is 25.0 Å². The monoisotopic (exact) mass is 692 g/mol. The Labute approximate surface area is 284 Å². The van der Waals surface area contributed by atoms with Crippen LogP contribution in [0.4, 0.5) is 9.18 Å². The number of hydrogen-bond acceptors (Lipinski definition) is 10. The number of carboxylic acid groups (broad SMARTS) is 1.